The van der Waals surface area contributed by atoms with Crippen LogP contribution in [0.2, 0.25) is 5.02 Å². The molecule has 0 saturated heterocycles. The Kier molecular flexibility index (Phi) is 9.82. The molecule has 1 aromatic rings. The minimum Gasteiger partial charge on any atom is -0.507 e. The Morgan fingerprint density at radius 1 is 1.12 bits per heavy atom. The SMILES string of the molecule is O=C(CO/N=C1\C=C\CC/C=C/CCOC(=O)c2c(O)cc(O)c(Cl)c2C1)NC1CCCCC1. The van der Waals surface area contributed by atoms with Crippen LogP contribution in [-0.4, -0.2) is 47.1 Å². The van der Waals surface area contributed by atoms with E-state index in [2.05, 4.69) is 10.5 Å². The predicted molar refractivity (Wildman–Crippen MR) is 129 cm³/mol. The highest BCUT2D eigenvalue weighted by Crippen LogP contribution is 2.37. The number of oxime groups is 1. The summed E-state index contributed by atoms with van der Waals surface area (Å²) in [7, 11) is 0. The molecule has 8 nitrogen and oxygen atoms in total. The van der Waals surface area contributed by atoms with E-state index in [4.69, 9.17) is 21.2 Å². The average molecular weight is 491 g/mol. The number of nitrogens with zero attached hydrogens (tertiary/aromatic N) is 1. The summed E-state index contributed by atoms with van der Waals surface area (Å²) in [5.74, 6) is -1.81. The number of rotatable bonds is 4. The number of cyclic esters (lactones) is 1. The van der Waals surface area contributed by atoms with Crippen LogP contribution in [0.1, 0.15) is 67.3 Å². The summed E-state index contributed by atoms with van der Waals surface area (Å²) >= 11 is 6.29. The highest BCUT2D eigenvalue weighted by molar-refractivity contribution is 6.33. The number of aromatic hydroxyl groups is 2. The summed E-state index contributed by atoms with van der Waals surface area (Å²) in [6, 6.07) is 1.17. The number of phenols is 2. The maximum absolute atomic E-state index is 12.7. The minimum atomic E-state index is -0.754. The number of nitrogens with one attached hydrogen (secondary N) is 1. The largest absolute Gasteiger partial charge is 0.507 e. The summed E-state index contributed by atoms with van der Waals surface area (Å²) in [6.45, 7) is -0.104. The van der Waals surface area contributed by atoms with Crippen molar-refractivity contribution in [1.82, 2.24) is 5.32 Å². The number of esters is 1. The molecule has 0 bridgehead atoms. The Balaban J connectivity index is 1.80. The quantitative estimate of drug-likeness (QED) is 0.323. The lowest BCUT2D eigenvalue weighted by Gasteiger charge is -2.22. The lowest BCUT2D eigenvalue weighted by molar-refractivity contribution is -0.126. The number of halogens is 1. The van der Waals surface area contributed by atoms with Crippen LogP contribution in [0.25, 0.3) is 0 Å². The molecule has 1 aliphatic heterocycles. The lowest BCUT2D eigenvalue weighted by Crippen LogP contribution is -2.38. The topological polar surface area (TPSA) is 117 Å². The molecule has 2 aliphatic rings. The molecule has 1 aliphatic carbocycles. The number of allylic oxidation sites excluding steroid dienone is 3. The number of benzene rings is 1. The summed E-state index contributed by atoms with van der Waals surface area (Å²) in [5, 5.41) is 27.4. The third-order valence-corrected chi connectivity index (χ3v) is 6.15. The lowest BCUT2D eigenvalue weighted by atomic mass is 9.95. The third kappa shape index (κ3) is 7.52. The van der Waals surface area contributed by atoms with Gasteiger partial charge < -0.3 is 25.1 Å². The Morgan fingerprint density at radius 3 is 2.65 bits per heavy atom. The van der Waals surface area contributed by atoms with Crippen molar-refractivity contribution in [2.24, 2.45) is 5.16 Å². The number of phenolic OH excluding ortho intramolecular Hbond substituents is 2. The van der Waals surface area contributed by atoms with Crippen LogP contribution in [0, 0.1) is 0 Å². The van der Waals surface area contributed by atoms with Crippen molar-refractivity contribution in [3.05, 3.63) is 46.5 Å². The second-order valence-electron chi connectivity index (χ2n) is 8.39. The van der Waals surface area contributed by atoms with E-state index in [1.165, 1.54) is 6.42 Å². The van der Waals surface area contributed by atoms with Crippen LogP contribution in [-0.2, 0) is 20.8 Å². The number of hydrogen-bond donors (Lipinski definition) is 3. The summed E-state index contributed by atoms with van der Waals surface area (Å²) in [5.41, 5.74) is 0.392. The number of amides is 1. The number of carbonyl (C=O) groups is 2. The highest BCUT2D eigenvalue weighted by atomic mass is 35.5. The van der Waals surface area contributed by atoms with E-state index in [1.807, 2.05) is 18.2 Å². The van der Waals surface area contributed by atoms with Crippen LogP contribution >= 0.6 is 11.6 Å². The van der Waals surface area contributed by atoms with Crippen molar-refractivity contribution in [2.45, 2.75) is 63.8 Å². The molecular weight excluding hydrogens is 460 g/mol. The molecule has 0 spiro atoms. The molecular formula is C25H31ClN2O6. The van der Waals surface area contributed by atoms with Crippen molar-refractivity contribution in [2.75, 3.05) is 13.2 Å². The van der Waals surface area contributed by atoms with Crippen LogP contribution in [0.15, 0.2) is 35.5 Å². The van der Waals surface area contributed by atoms with Gasteiger partial charge in [-0.2, -0.15) is 0 Å². The van der Waals surface area contributed by atoms with E-state index in [9.17, 15) is 19.8 Å². The van der Waals surface area contributed by atoms with Crippen LogP contribution in [0.5, 0.6) is 11.5 Å². The summed E-state index contributed by atoms with van der Waals surface area (Å²) < 4.78 is 5.28. The van der Waals surface area contributed by atoms with Gasteiger partial charge in [-0.3, -0.25) is 4.79 Å². The van der Waals surface area contributed by atoms with E-state index >= 15 is 0 Å². The van der Waals surface area contributed by atoms with Crippen LogP contribution < -0.4 is 5.32 Å². The Bertz CT molecular complexity index is 967. The van der Waals surface area contributed by atoms with Crippen LogP contribution in [0.4, 0.5) is 0 Å². The van der Waals surface area contributed by atoms with Gasteiger partial charge in [0.1, 0.15) is 17.1 Å². The zero-order valence-corrected chi connectivity index (χ0v) is 19.9. The first-order chi connectivity index (χ1) is 16.5. The van der Waals surface area contributed by atoms with E-state index in [0.717, 1.165) is 44.6 Å². The van der Waals surface area contributed by atoms with E-state index in [0.29, 0.717) is 12.1 Å². The highest BCUT2D eigenvalue weighted by Gasteiger charge is 2.24. The summed E-state index contributed by atoms with van der Waals surface area (Å²) in [6.07, 6.45) is 14.9. The number of carbonyl (C=O) groups excluding carboxylic acids is 2. The maximum atomic E-state index is 12.7. The first-order valence-electron chi connectivity index (χ1n) is 11.7. The molecule has 184 valence electrons. The van der Waals surface area contributed by atoms with Crippen molar-refractivity contribution < 1.29 is 29.4 Å². The van der Waals surface area contributed by atoms with Gasteiger partial charge in [0.25, 0.3) is 5.91 Å². The molecule has 1 heterocycles. The normalized spacial score (nSPS) is 21.1. The van der Waals surface area contributed by atoms with E-state index in [-0.39, 0.29) is 53.5 Å². The van der Waals surface area contributed by atoms with Gasteiger partial charge in [-0.15, -0.1) is 0 Å². The zero-order valence-electron chi connectivity index (χ0n) is 19.1. The average Bonchev–Trinajstić information content (AvgIpc) is 2.81. The number of ether oxygens (including phenoxy) is 1. The molecule has 9 heteroatoms. The molecule has 3 rings (SSSR count). The molecule has 34 heavy (non-hydrogen) atoms. The van der Waals surface area contributed by atoms with E-state index < -0.39 is 11.7 Å². The van der Waals surface area contributed by atoms with Gasteiger partial charge in [0.05, 0.1) is 17.3 Å². The van der Waals surface area contributed by atoms with Crippen molar-refractivity contribution in [1.29, 1.82) is 0 Å². The third-order valence-electron chi connectivity index (χ3n) is 5.73. The monoisotopic (exact) mass is 490 g/mol. The Hall–Kier alpha value is -3.00. The standard InChI is InChI=1S/C25H31ClN2O6/c26-24-19-14-18(28-34-16-22(31)27-17-10-7-5-8-11-17)12-6-3-1-2-4-9-13-33-25(32)23(19)20(29)15-21(24)30/h2,4,6,12,15,17,29-30H,1,3,5,7-11,13-14,16H2,(H,27,31)/b4-2+,12-6+,28-18+. The van der Waals surface area contributed by atoms with Gasteiger partial charge >= 0.3 is 5.97 Å². The fourth-order valence-corrected chi connectivity index (χ4v) is 4.23. The number of fused-ring (bicyclic) bond motifs is 1. The molecule has 0 radical (unpaired) electrons. The van der Waals surface area contributed by atoms with Crippen molar-refractivity contribution in [3.63, 3.8) is 0 Å². The Labute approximate surface area is 204 Å². The molecule has 0 unspecified atom stereocenters. The second kappa shape index (κ2) is 13.0. The molecule has 0 atom stereocenters. The van der Waals surface area contributed by atoms with Gasteiger partial charge in [0, 0.05) is 18.5 Å². The molecule has 1 aromatic carbocycles. The maximum Gasteiger partial charge on any atom is 0.342 e. The van der Waals surface area contributed by atoms with Crippen molar-refractivity contribution >= 4 is 29.2 Å². The molecule has 1 saturated carbocycles. The fourth-order valence-electron chi connectivity index (χ4n) is 4.01. The predicted octanol–water partition coefficient (Wildman–Crippen LogP) is 4.57. The zero-order chi connectivity index (χ0) is 24.3. The van der Waals surface area contributed by atoms with Gasteiger partial charge in [-0.05, 0) is 43.7 Å². The van der Waals surface area contributed by atoms with E-state index in [1.54, 1.807) is 6.08 Å². The first-order valence-corrected chi connectivity index (χ1v) is 12.0. The van der Waals surface area contributed by atoms with Crippen LogP contribution in [0.3, 0.4) is 0 Å². The molecule has 0 aromatic heterocycles. The molecule has 1 amide bonds. The first kappa shape index (κ1) is 25.6. The van der Waals surface area contributed by atoms with Gasteiger partial charge in [0.15, 0.2) is 6.61 Å². The Morgan fingerprint density at radius 2 is 1.85 bits per heavy atom. The fraction of sp³-hybridized carbons (Fsp3) is 0.480. The molecule has 3 N–H and O–H groups in total. The number of hydrogen-bond acceptors (Lipinski definition) is 7. The molecule has 1 fully saturated rings. The second-order valence-corrected chi connectivity index (χ2v) is 8.77. The van der Waals surface area contributed by atoms with Gasteiger partial charge in [-0.1, -0.05) is 54.2 Å². The van der Waals surface area contributed by atoms with Gasteiger partial charge in [0.2, 0.25) is 0 Å². The van der Waals surface area contributed by atoms with Gasteiger partial charge in [-0.25, -0.2) is 4.79 Å². The smallest absolute Gasteiger partial charge is 0.342 e. The minimum absolute atomic E-state index is 0.0260. The summed E-state index contributed by atoms with van der Waals surface area (Å²) in [4.78, 5) is 30.2. The van der Waals surface area contributed by atoms with Crippen molar-refractivity contribution in [3.8, 4) is 11.5 Å².